The second kappa shape index (κ2) is 13.5. The Morgan fingerprint density at radius 1 is 0.960 bits per heavy atom. The van der Waals surface area contributed by atoms with E-state index in [2.05, 4.69) is 17.5 Å². The summed E-state index contributed by atoms with van der Waals surface area (Å²) >= 11 is 0. The Kier molecular flexibility index (Phi) is 11.4. The van der Waals surface area contributed by atoms with E-state index in [-0.39, 0.29) is 5.91 Å². The number of rotatable bonds is 13. The van der Waals surface area contributed by atoms with Crippen LogP contribution in [0, 0.1) is 0 Å². The molecular weight excluding hydrogens is 310 g/mol. The SMILES string of the molecule is CCCCCCCCCCCC(=O)NN=Cc1ccc(N(C)C)cc1. The van der Waals surface area contributed by atoms with Gasteiger partial charge >= 0.3 is 0 Å². The van der Waals surface area contributed by atoms with E-state index < -0.39 is 0 Å². The highest BCUT2D eigenvalue weighted by atomic mass is 16.2. The molecule has 25 heavy (non-hydrogen) atoms. The minimum atomic E-state index is 0.00380. The van der Waals surface area contributed by atoms with Crippen LogP contribution in [0.5, 0.6) is 0 Å². The highest BCUT2D eigenvalue weighted by molar-refractivity contribution is 5.82. The van der Waals surface area contributed by atoms with Gasteiger partial charge in [0.1, 0.15) is 0 Å². The van der Waals surface area contributed by atoms with Crippen molar-refractivity contribution in [1.29, 1.82) is 0 Å². The van der Waals surface area contributed by atoms with Gasteiger partial charge in [0.25, 0.3) is 0 Å². The van der Waals surface area contributed by atoms with E-state index in [9.17, 15) is 4.79 Å². The van der Waals surface area contributed by atoms with Gasteiger partial charge in [0.05, 0.1) is 6.21 Å². The molecule has 1 rings (SSSR count). The molecule has 1 N–H and O–H groups in total. The molecule has 0 heterocycles. The third-order valence-corrected chi connectivity index (χ3v) is 4.32. The Balaban J connectivity index is 2.06. The van der Waals surface area contributed by atoms with Crippen molar-refractivity contribution < 1.29 is 4.79 Å². The summed E-state index contributed by atoms with van der Waals surface area (Å²) in [6, 6.07) is 8.05. The van der Waals surface area contributed by atoms with Crippen LogP contribution in [-0.2, 0) is 4.79 Å². The highest BCUT2D eigenvalue weighted by Gasteiger charge is 1.99. The van der Waals surface area contributed by atoms with Crippen molar-refractivity contribution in [2.24, 2.45) is 5.10 Å². The standard InChI is InChI=1S/C21H35N3O/c1-4-5-6-7-8-9-10-11-12-13-21(25)23-22-18-19-14-16-20(17-15-19)24(2)3/h14-18H,4-13H2,1-3H3,(H,23,25). The third kappa shape index (κ3) is 10.6. The lowest BCUT2D eigenvalue weighted by Crippen LogP contribution is -2.16. The van der Waals surface area contributed by atoms with Crippen LogP contribution in [-0.4, -0.2) is 26.2 Å². The zero-order chi connectivity index (χ0) is 18.3. The van der Waals surface area contributed by atoms with E-state index in [0.29, 0.717) is 6.42 Å². The minimum absolute atomic E-state index is 0.00380. The van der Waals surface area contributed by atoms with Crippen molar-refractivity contribution in [3.8, 4) is 0 Å². The molecule has 0 spiro atoms. The number of carbonyl (C=O) groups is 1. The molecule has 0 aliphatic heterocycles. The zero-order valence-corrected chi connectivity index (χ0v) is 16.3. The number of hydrazone groups is 1. The number of carbonyl (C=O) groups excluding carboxylic acids is 1. The molecule has 0 atom stereocenters. The van der Waals surface area contributed by atoms with Crippen LogP contribution >= 0.6 is 0 Å². The van der Waals surface area contributed by atoms with Gasteiger partial charge in [-0.1, -0.05) is 70.4 Å². The van der Waals surface area contributed by atoms with Gasteiger partial charge in [0.2, 0.25) is 5.91 Å². The van der Waals surface area contributed by atoms with Gasteiger partial charge in [-0.05, 0) is 24.1 Å². The van der Waals surface area contributed by atoms with Crippen LogP contribution in [0.4, 0.5) is 5.69 Å². The Bertz CT molecular complexity index is 494. The topological polar surface area (TPSA) is 44.7 Å². The largest absolute Gasteiger partial charge is 0.378 e. The van der Waals surface area contributed by atoms with Gasteiger partial charge in [0, 0.05) is 26.2 Å². The van der Waals surface area contributed by atoms with Crippen LogP contribution in [0.25, 0.3) is 0 Å². The molecule has 140 valence electrons. The quantitative estimate of drug-likeness (QED) is 0.306. The number of benzene rings is 1. The molecule has 4 nitrogen and oxygen atoms in total. The van der Waals surface area contributed by atoms with Crippen molar-refractivity contribution in [1.82, 2.24) is 5.43 Å². The van der Waals surface area contributed by atoms with Gasteiger partial charge in [-0.25, -0.2) is 5.43 Å². The van der Waals surface area contributed by atoms with E-state index in [1.807, 2.05) is 43.3 Å². The van der Waals surface area contributed by atoms with E-state index in [4.69, 9.17) is 0 Å². The molecule has 0 aliphatic carbocycles. The van der Waals surface area contributed by atoms with Crippen LogP contribution in [0.1, 0.15) is 76.7 Å². The first kappa shape index (κ1) is 21.2. The van der Waals surface area contributed by atoms with Crippen molar-refractivity contribution in [2.45, 2.75) is 71.1 Å². The average Bonchev–Trinajstić information content (AvgIpc) is 2.61. The van der Waals surface area contributed by atoms with Crippen LogP contribution in [0.15, 0.2) is 29.4 Å². The molecule has 0 aliphatic rings. The maximum Gasteiger partial charge on any atom is 0.240 e. The summed E-state index contributed by atoms with van der Waals surface area (Å²) in [6.45, 7) is 2.25. The zero-order valence-electron chi connectivity index (χ0n) is 16.3. The number of nitrogens with zero attached hydrogens (tertiary/aromatic N) is 2. The van der Waals surface area contributed by atoms with Gasteiger partial charge in [-0.3, -0.25) is 4.79 Å². The summed E-state index contributed by atoms with van der Waals surface area (Å²) in [5.41, 5.74) is 4.74. The number of anilines is 1. The van der Waals surface area contributed by atoms with Crippen LogP contribution in [0.2, 0.25) is 0 Å². The van der Waals surface area contributed by atoms with Crippen molar-refractivity contribution in [3.05, 3.63) is 29.8 Å². The maximum absolute atomic E-state index is 11.8. The van der Waals surface area contributed by atoms with E-state index in [0.717, 1.165) is 24.1 Å². The van der Waals surface area contributed by atoms with Crippen molar-refractivity contribution in [2.75, 3.05) is 19.0 Å². The second-order valence-corrected chi connectivity index (χ2v) is 6.86. The highest BCUT2D eigenvalue weighted by Crippen LogP contribution is 2.11. The number of amides is 1. The lowest BCUT2D eigenvalue weighted by molar-refractivity contribution is -0.121. The van der Waals surface area contributed by atoms with Gasteiger partial charge in [-0.2, -0.15) is 5.10 Å². The Hall–Kier alpha value is -1.84. The molecule has 0 radical (unpaired) electrons. The van der Waals surface area contributed by atoms with E-state index in [1.54, 1.807) is 6.21 Å². The first-order valence-corrected chi connectivity index (χ1v) is 9.72. The molecule has 0 aromatic heterocycles. The monoisotopic (exact) mass is 345 g/mol. The predicted octanol–water partition coefficient (Wildman–Crippen LogP) is 5.12. The molecule has 0 bridgehead atoms. The fourth-order valence-electron chi connectivity index (χ4n) is 2.69. The number of hydrogen-bond acceptors (Lipinski definition) is 3. The Labute approximate surface area is 153 Å². The molecule has 1 aromatic carbocycles. The number of nitrogens with one attached hydrogen (secondary N) is 1. The summed E-state index contributed by atoms with van der Waals surface area (Å²) in [4.78, 5) is 13.8. The molecule has 0 fully saturated rings. The second-order valence-electron chi connectivity index (χ2n) is 6.86. The fraction of sp³-hybridized carbons (Fsp3) is 0.619. The van der Waals surface area contributed by atoms with Crippen molar-refractivity contribution in [3.63, 3.8) is 0 Å². The van der Waals surface area contributed by atoms with Crippen LogP contribution in [0.3, 0.4) is 0 Å². The molecule has 1 aromatic rings. The van der Waals surface area contributed by atoms with Gasteiger partial charge < -0.3 is 4.90 Å². The fourth-order valence-corrected chi connectivity index (χ4v) is 2.69. The molecular formula is C21H35N3O. The Morgan fingerprint density at radius 3 is 2.08 bits per heavy atom. The van der Waals surface area contributed by atoms with Crippen molar-refractivity contribution >= 4 is 17.8 Å². The summed E-state index contributed by atoms with van der Waals surface area (Å²) < 4.78 is 0. The summed E-state index contributed by atoms with van der Waals surface area (Å²) in [5.74, 6) is 0.00380. The lowest BCUT2D eigenvalue weighted by atomic mass is 10.1. The average molecular weight is 346 g/mol. The smallest absolute Gasteiger partial charge is 0.240 e. The molecule has 0 saturated heterocycles. The maximum atomic E-state index is 11.8. The minimum Gasteiger partial charge on any atom is -0.378 e. The molecule has 0 saturated carbocycles. The summed E-state index contributed by atoms with van der Waals surface area (Å²) in [5, 5.41) is 4.03. The number of unbranched alkanes of at least 4 members (excludes halogenated alkanes) is 8. The normalized spacial score (nSPS) is 11.0. The lowest BCUT2D eigenvalue weighted by Gasteiger charge is -2.11. The van der Waals surface area contributed by atoms with E-state index >= 15 is 0 Å². The Morgan fingerprint density at radius 2 is 1.52 bits per heavy atom. The predicted molar refractivity (Wildman–Crippen MR) is 108 cm³/mol. The molecule has 4 heteroatoms. The van der Waals surface area contributed by atoms with Crippen LogP contribution < -0.4 is 10.3 Å². The van der Waals surface area contributed by atoms with Gasteiger partial charge in [-0.15, -0.1) is 0 Å². The first-order chi connectivity index (χ1) is 12.1. The molecule has 0 unspecified atom stereocenters. The summed E-state index contributed by atoms with van der Waals surface area (Å²) in [6.07, 6.45) is 13.6. The summed E-state index contributed by atoms with van der Waals surface area (Å²) in [7, 11) is 4.02. The first-order valence-electron chi connectivity index (χ1n) is 9.72. The number of hydrogen-bond donors (Lipinski definition) is 1. The van der Waals surface area contributed by atoms with Gasteiger partial charge in [0.15, 0.2) is 0 Å². The third-order valence-electron chi connectivity index (χ3n) is 4.32. The molecule has 1 amide bonds. The van der Waals surface area contributed by atoms with E-state index in [1.165, 1.54) is 44.9 Å².